The Morgan fingerprint density at radius 3 is 3.00 bits per heavy atom. The molecule has 27 heavy (non-hydrogen) atoms. The minimum Gasteiger partial charge on any atom is -0.416 e. The van der Waals surface area contributed by atoms with Crippen LogP contribution in [0.4, 0.5) is 0 Å². The summed E-state index contributed by atoms with van der Waals surface area (Å²) in [4.78, 5) is 15.8. The maximum absolute atomic E-state index is 12.6. The molecule has 2 unspecified atom stereocenters. The molecule has 2 atom stereocenters. The van der Waals surface area contributed by atoms with Crippen LogP contribution in [-0.4, -0.2) is 53.2 Å². The standard InChI is InChI=1S/C17H21N3O4S3/c21-16(20-6-1-3-13(20)14-4-2-7-25-14)10-26-17-19-18-15(24-17)9-12-5-8-27(22,23)11-12/h2,4,7,12-13H,1,3,5-6,8-11H2. The molecule has 2 aromatic heterocycles. The number of carbonyl (C=O) groups is 1. The molecule has 0 aromatic carbocycles. The van der Waals surface area contributed by atoms with Gasteiger partial charge in [0.05, 0.1) is 23.3 Å². The largest absolute Gasteiger partial charge is 0.416 e. The van der Waals surface area contributed by atoms with E-state index in [9.17, 15) is 13.2 Å². The van der Waals surface area contributed by atoms with Crippen LogP contribution in [0, 0.1) is 5.92 Å². The van der Waals surface area contributed by atoms with E-state index in [-0.39, 0.29) is 35.1 Å². The zero-order chi connectivity index (χ0) is 18.9. The second-order valence-electron chi connectivity index (χ2n) is 6.98. The van der Waals surface area contributed by atoms with Crippen molar-refractivity contribution in [1.82, 2.24) is 15.1 Å². The third-order valence-electron chi connectivity index (χ3n) is 5.00. The summed E-state index contributed by atoms with van der Waals surface area (Å²) in [5, 5.41) is 10.4. The molecule has 0 bridgehead atoms. The maximum atomic E-state index is 12.6. The molecule has 2 aromatic rings. The third-order valence-corrected chi connectivity index (χ3v) is 8.62. The van der Waals surface area contributed by atoms with E-state index in [0.29, 0.717) is 24.0 Å². The SMILES string of the molecule is O=C(CSc1nnc(CC2CCS(=O)(=O)C2)o1)N1CCCC1c1cccs1. The number of hydrogen-bond acceptors (Lipinski definition) is 8. The van der Waals surface area contributed by atoms with Gasteiger partial charge >= 0.3 is 0 Å². The van der Waals surface area contributed by atoms with Crippen LogP contribution in [0.3, 0.4) is 0 Å². The molecule has 10 heteroatoms. The van der Waals surface area contributed by atoms with E-state index in [1.54, 1.807) is 11.3 Å². The van der Waals surface area contributed by atoms with E-state index in [0.717, 1.165) is 19.4 Å². The van der Waals surface area contributed by atoms with Crippen LogP contribution >= 0.6 is 23.1 Å². The van der Waals surface area contributed by atoms with Gasteiger partial charge in [-0.25, -0.2) is 8.42 Å². The Morgan fingerprint density at radius 2 is 2.26 bits per heavy atom. The second kappa shape index (κ2) is 7.92. The highest BCUT2D eigenvalue weighted by atomic mass is 32.2. The lowest BCUT2D eigenvalue weighted by Gasteiger charge is -2.23. The van der Waals surface area contributed by atoms with Crippen molar-refractivity contribution in [3.63, 3.8) is 0 Å². The topological polar surface area (TPSA) is 93.4 Å². The van der Waals surface area contributed by atoms with Crippen LogP contribution < -0.4 is 0 Å². The number of rotatable bonds is 6. The van der Waals surface area contributed by atoms with E-state index in [1.165, 1.54) is 16.6 Å². The molecule has 7 nitrogen and oxygen atoms in total. The zero-order valence-electron chi connectivity index (χ0n) is 14.7. The number of likely N-dealkylation sites (tertiary alicyclic amines) is 1. The predicted molar refractivity (Wildman–Crippen MR) is 103 cm³/mol. The minimum absolute atomic E-state index is 0.0473. The molecule has 2 aliphatic rings. The molecular formula is C17H21N3O4S3. The molecule has 0 spiro atoms. The number of thiophene rings is 1. The Balaban J connectivity index is 1.30. The zero-order valence-corrected chi connectivity index (χ0v) is 17.2. The normalized spacial score (nSPS) is 24.5. The van der Waals surface area contributed by atoms with Gasteiger partial charge in [-0.2, -0.15) is 0 Å². The molecule has 2 aliphatic heterocycles. The molecule has 4 heterocycles. The summed E-state index contributed by atoms with van der Waals surface area (Å²) in [5.41, 5.74) is 0. The Morgan fingerprint density at radius 1 is 1.37 bits per heavy atom. The van der Waals surface area contributed by atoms with Gasteiger partial charge in [-0.1, -0.05) is 17.8 Å². The van der Waals surface area contributed by atoms with Crippen molar-refractivity contribution >= 4 is 38.8 Å². The number of aromatic nitrogens is 2. The van der Waals surface area contributed by atoms with Crippen molar-refractivity contribution in [1.29, 1.82) is 0 Å². The Bertz CT molecular complexity index is 894. The summed E-state index contributed by atoms with van der Waals surface area (Å²) >= 11 is 2.94. The first-order valence-electron chi connectivity index (χ1n) is 8.99. The van der Waals surface area contributed by atoms with Crippen molar-refractivity contribution in [2.45, 2.75) is 36.9 Å². The van der Waals surface area contributed by atoms with Crippen LogP contribution in [0.5, 0.6) is 0 Å². The quantitative estimate of drug-likeness (QED) is 0.654. The van der Waals surface area contributed by atoms with Crippen LogP contribution in [-0.2, 0) is 21.1 Å². The number of thioether (sulfide) groups is 1. The minimum atomic E-state index is -2.91. The van der Waals surface area contributed by atoms with Crippen molar-refractivity contribution in [2.75, 3.05) is 23.8 Å². The van der Waals surface area contributed by atoms with E-state index in [4.69, 9.17) is 4.42 Å². The Labute approximate surface area is 166 Å². The number of carbonyl (C=O) groups excluding carboxylic acids is 1. The molecule has 0 radical (unpaired) electrons. The molecular weight excluding hydrogens is 406 g/mol. The number of nitrogens with zero attached hydrogens (tertiary/aromatic N) is 3. The summed E-state index contributed by atoms with van der Waals surface area (Å²) in [7, 11) is -2.91. The van der Waals surface area contributed by atoms with Gasteiger partial charge in [-0.15, -0.1) is 21.5 Å². The summed E-state index contributed by atoms with van der Waals surface area (Å²) < 4.78 is 28.7. The van der Waals surface area contributed by atoms with E-state index >= 15 is 0 Å². The predicted octanol–water partition coefficient (Wildman–Crippen LogP) is 2.56. The fourth-order valence-electron chi connectivity index (χ4n) is 3.71. The average molecular weight is 428 g/mol. The summed E-state index contributed by atoms with van der Waals surface area (Å²) in [6.45, 7) is 0.785. The number of amides is 1. The molecule has 0 saturated carbocycles. The van der Waals surface area contributed by atoms with Gasteiger partial charge in [0.1, 0.15) is 0 Å². The van der Waals surface area contributed by atoms with Crippen LogP contribution in [0.15, 0.2) is 27.2 Å². The Kier molecular flexibility index (Phi) is 5.56. The highest BCUT2D eigenvalue weighted by molar-refractivity contribution is 7.99. The van der Waals surface area contributed by atoms with Gasteiger partial charge in [-0.3, -0.25) is 4.79 Å². The fourth-order valence-corrected chi connectivity index (χ4v) is 7.11. The first kappa shape index (κ1) is 18.9. The highest BCUT2D eigenvalue weighted by Gasteiger charge is 2.31. The number of hydrogen-bond donors (Lipinski definition) is 0. The molecule has 0 aliphatic carbocycles. The van der Waals surface area contributed by atoms with E-state index in [2.05, 4.69) is 16.3 Å². The molecule has 0 N–H and O–H groups in total. The van der Waals surface area contributed by atoms with Crippen molar-refractivity contribution in [3.05, 3.63) is 28.3 Å². The van der Waals surface area contributed by atoms with Gasteiger partial charge in [-0.05, 0) is 36.6 Å². The summed E-state index contributed by atoms with van der Waals surface area (Å²) in [6, 6.07) is 4.29. The molecule has 146 valence electrons. The fraction of sp³-hybridized carbons (Fsp3) is 0.588. The number of sulfone groups is 1. The van der Waals surface area contributed by atoms with Crippen molar-refractivity contribution in [3.8, 4) is 0 Å². The summed E-state index contributed by atoms with van der Waals surface area (Å²) in [6.07, 6.45) is 3.15. The lowest BCUT2D eigenvalue weighted by atomic mass is 10.1. The highest BCUT2D eigenvalue weighted by Crippen LogP contribution is 2.35. The lowest BCUT2D eigenvalue weighted by Crippen LogP contribution is -2.31. The first-order valence-corrected chi connectivity index (χ1v) is 12.7. The van der Waals surface area contributed by atoms with Gasteiger partial charge < -0.3 is 9.32 Å². The first-order chi connectivity index (χ1) is 13.0. The maximum Gasteiger partial charge on any atom is 0.277 e. The van der Waals surface area contributed by atoms with Crippen molar-refractivity contribution < 1.29 is 17.6 Å². The monoisotopic (exact) mass is 427 g/mol. The molecule has 2 fully saturated rings. The average Bonchev–Trinajstić information content (AvgIpc) is 3.40. The van der Waals surface area contributed by atoms with Crippen molar-refractivity contribution in [2.24, 2.45) is 5.92 Å². The van der Waals surface area contributed by atoms with E-state index < -0.39 is 9.84 Å². The molecule has 2 saturated heterocycles. The van der Waals surface area contributed by atoms with Crippen LogP contribution in [0.2, 0.25) is 0 Å². The second-order valence-corrected chi connectivity index (χ2v) is 11.1. The van der Waals surface area contributed by atoms with Gasteiger partial charge in [0, 0.05) is 17.8 Å². The van der Waals surface area contributed by atoms with E-state index in [1.807, 2.05) is 16.3 Å². The van der Waals surface area contributed by atoms with Crippen LogP contribution in [0.25, 0.3) is 0 Å². The lowest BCUT2D eigenvalue weighted by molar-refractivity contribution is -0.129. The Hall–Kier alpha value is -1.39. The summed E-state index contributed by atoms with van der Waals surface area (Å²) in [5.74, 6) is 1.27. The van der Waals surface area contributed by atoms with Gasteiger partial charge in [0.2, 0.25) is 11.8 Å². The molecule has 4 rings (SSSR count). The smallest absolute Gasteiger partial charge is 0.277 e. The van der Waals surface area contributed by atoms with Gasteiger partial charge in [0.15, 0.2) is 9.84 Å². The third kappa shape index (κ3) is 4.55. The van der Waals surface area contributed by atoms with Gasteiger partial charge in [0.25, 0.3) is 5.22 Å². The molecule has 1 amide bonds. The van der Waals surface area contributed by atoms with Crippen LogP contribution in [0.1, 0.15) is 36.1 Å².